The molecule has 2 fully saturated rings. The predicted octanol–water partition coefficient (Wildman–Crippen LogP) is 1.37. The molecule has 0 spiro atoms. The summed E-state index contributed by atoms with van der Waals surface area (Å²) in [4.78, 5) is 12.9. The quantitative estimate of drug-likeness (QED) is 0.863. The molecule has 0 unspecified atom stereocenters. The predicted molar refractivity (Wildman–Crippen MR) is 96.1 cm³/mol. The van der Waals surface area contributed by atoms with E-state index in [-0.39, 0.29) is 24.0 Å². The van der Waals surface area contributed by atoms with Crippen molar-refractivity contribution >= 4 is 11.6 Å². The summed E-state index contributed by atoms with van der Waals surface area (Å²) in [7, 11) is 0. The molecule has 0 bridgehead atoms. The third-order valence-corrected chi connectivity index (χ3v) is 5.52. The molecule has 1 saturated carbocycles. The third kappa shape index (κ3) is 3.34. The molecule has 8 heteroatoms. The maximum Gasteiger partial charge on any atom is 0.227 e. The number of hydrogen-bond acceptors (Lipinski definition) is 6. The van der Waals surface area contributed by atoms with E-state index in [0.29, 0.717) is 0 Å². The van der Waals surface area contributed by atoms with E-state index in [2.05, 4.69) is 26.2 Å². The van der Waals surface area contributed by atoms with Crippen molar-refractivity contribution in [2.45, 2.75) is 45.3 Å². The van der Waals surface area contributed by atoms with Crippen molar-refractivity contribution in [1.29, 1.82) is 0 Å². The summed E-state index contributed by atoms with van der Waals surface area (Å²) in [5, 5.41) is 17.9. The Kier molecular flexibility index (Phi) is 4.69. The van der Waals surface area contributed by atoms with Crippen LogP contribution in [0.3, 0.4) is 0 Å². The highest BCUT2D eigenvalue weighted by Crippen LogP contribution is 2.30. The number of carbonyl (C=O) groups excluding carboxylic acids is 1. The largest absolute Gasteiger partial charge is 0.375 e. The number of morpholine rings is 1. The monoisotopic (exact) mass is 356 g/mol. The van der Waals surface area contributed by atoms with Crippen LogP contribution in [0.1, 0.15) is 30.4 Å². The lowest BCUT2D eigenvalue weighted by Crippen LogP contribution is -2.52. The number of aryl methyl sites for hydroxylation is 1. The lowest BCUT2D eigenvalue weighted by Gasteiger charge is -2.39. The number of tetrazole rings is 1. The van der Waals surface area contributed by atoms with Crippen LogP contribution in [-0.2, 0) is 9.53 Å². The summed E-state index contributed by atoms with van der Waals surface area (Å²) in [5.41, 5.74) is 3.79. The number of nitrogens with zero attached hydrogens (tertiary/aromatic N) is 4. The summed E-state index contributed by atoms with van der Waals surface area (Å²) in [6.07, 6.45) is 4.41. The van der Waals surface area contributed by atoms with Gasteiger partial charge in [0.1, 0.15) is 6.33 Å². The topological polar surface area (TPSA) is 94.0 Å². The zero-order chi connectivity index (χ0) is 18.1. The van der Waals surface area contributed by atoms with Crippen molar-refractivity contribution in [2.75, 3.05) is 18.5 Å². The van der Waals surface area contributed by atoms with Gasteiger partial charge >= 0.3 is 0 Å². The summed E-state index contributed by atoms with van der Waals surface area (Å²) >= 11 is 0. The first-order valence-corrected chi connectivity index (χ1v) is 9.12. The van der Waals surface area contributed by atoms with E-state index < -0.39 is 0 Å². The molecular formula is C18H24N6O2. The molecule has 1 aromatic carbocycles. The second kappa shape index (κ2) is 7.13. The van der Waals surface area contributed by atoms with E-state index >= 15 is 0 Å². The molecule has 138 valence electrons. The van der Waals surface area contributed by atoms with Gasteiger partial charge in [-0.05, 0) is 66.8 Å². The molecule has 2 N–H and O–H groups in total. The highest BCUT2D eigenvalue weighted by Gasteiger charge is 2.36. The molecule has 1 aromatic heterocycles. The van der Waals surface area contributed by atoms with Gasteiger partial charge < -0.3 is 15.4 Å². The van der Waals surface area contributed by atoms with Crippen molar-refractivity contribution in [3.8, 4) is 5.69 Å². The van der Waals surface area contributed by atoms with E-state index in [4.69, 9.17) is 4.74 Å². The fraction of sp³-hybridized carbons (Fsp3) is 0.556. The Bertz CT molecular complexity index is 791. The molecule has 26 heavy (non-hydrogen) atoms. The summed E-state index contributed by atoms with van der Waals surface area (Å²) < 4.78 is 7.40. The lowest BCUT2D eigenvalue weighted by molar-refractivity contribution is -0.123. The van der Waals surface area contributed by atoms with Gasteiger partial charge in [0.15, 0.2) is 0 Å². The smallest absolute Gasteiger partial charge is 0.227 e. The Balaban J connectivity index is 1.50. The SMILES string of the molecule is Cc1cc(-n2cnnn2)cc(NC(=O)[C@H]2CC[C@H]3OCCN[C@@H]3C2)c1C. The molecule has 2 heterocycles. The van der Waals surface area contributed by atoms with E-state index in [1.165, 1.54) is 0 Å². The van der Waals surface area contributed by atoms with Crippen LogP contribution in [0.25, 0.3) is 5.69 Å². The van der Waals surface area contributed by atoms with Gasteiger partial charge in [-0.3, -0.25) is 4.79 Å². The average Bonchev–Trinajstić information content (AvgIpc) is 3.19. The van der Waals surface area contributed by atoms with Crippen LogP contribution in [0.5, 0.6) is 0 Å². The molecule has 1 aliphatic heterocycles. The minimum absolute atomic E-state index is 0.00171. The fourth-order valence-corrected chi connectivity index (χ4v) is 3.87. The van der Waals surface area contributed by atoms with Crippen LogP contribution in [0.15, 0.2) is 18.5 Å². The van der Waals surface area contributed by atoms with Crippen LogP contribution in [0.2, 0.25) is 0 Å². The molecule has 4 rings (SSSR count). The standard InChI is InChI=1S/C18H24N6O2/c1-11-7-14(24-10-20-22-23-24)9-15(12(11)2)21-18(25)13-3-4-17-16(8-13)19-5-6-26-17/h7,9-10,13,16-17,19H,3-6,8H2,1-2H3,(H,21,25)/t13-,16+,17+/m0/s1. The van der Waals surface area contributed by atoms with Crippen LogP contribution >= 0.6 is 0 Å². The van der Waals surface area contributed by atoms with Crippen LogP contribution in [-0.4, -0.2) is 51.4 Å². The van der Waals surface area contributed by atoms with Crippen molar-refractivity contribution in [1.82, 2.24) is 25.5 Å². The van der Waals surface area contributed by atoms with Gasteiger partial charge in [0, 0.05) is 24.2 Å². The van der Waals surface area contributed by atoms with Gasteiger partial charge in [-0.25, -0.2) is 4.68 Å². The van der Waals surface area contributed by atoms with E-state index in [0.717, 1.165) is 54.9 Å². The molecule has 2 aromatic rings. The highest BCUT2D eigenvalue weighted by atomic mass is 16.5. The van der Waals surface area contributed by atoms with Crippen molar-refractivity contribution < 1.29 is 9.53 Å². The number of amides is 1. The minimum atomic E-state index is 0.00171. The van der Waals surface area contributed by atoms with Crippen LogP contribution in [0.4, 0.5) is 5.69 Å². The molecule has 8 nitrogen and oxygen atoms in total. The Morgan fingerprint density at radius 1 is 1.35 bits per heavy atom. The van der Waals surface area contributed by atoms with Crippen molar-refractivity contribution in [3.05, 3.63) is 29.6 Å². The van der Waals surface area contributed by atoms with E-state index in [1.807, 2.05) is 26.0 Å². The van der Waals surface area contributed by atoms with Gasteiger partial charge in [-0.2, -0.15) is 0 Å². The molecular weight excluding hydrogens is 332 g/mol. The van der Waals surface area contributed by atoms with E-state index in [1.54, 1.807) is 11.0 Å². The first-order valence-electron chi connectivity index (χ1n) is 9.12. The number of carbonyl (C=O) groups is 1. The Hall–Kier alpha value is -2.32. The first kappa shape index (κ1) is 17.1. The number of hydrogen-bond donors (Lipinski definition) is 2. The number of nitrogens with one attached hydrogen (secondary N) is 2. The summed E-state index contributed by atoms with van der Waals surface area (Å²) in [6, 6.07) is 4.21. The first-order chi connectivity index (χ1) is 12.6. The molecule has 2 aliphatic rings. The molecule has 0 radical (unpaired) electrons. The fourth-order valence-electron chi connectivity index (χ4n) is 3.87. The second-order valence-electron chi connectivity index (χ2n) is 7.16. The lowest BCUT2D eigenvalue weighted by atomic mass is 9.82. The minimum Gasteiger partial charge on any atom is -0.375 e. The maximum absolute atomic E-state index is 12.9. The maximum atomic E-state index is 12.9. The number of fused-ring (bicyclic) bond motifs is 1. The molecule has 1 saturated heterocycles. The van der Waals surface area contributed by atoms with Gasteiger partial charge in [0.2, 0.25) is 5.91 Å². The van der Waals surface area contributed by atoms with Gasteiger partial charge in [-0.15, -0.1) is 5.10 Å². The summed E-state index contributed by atoms with van der Waals surface area (Å²) in [6.45, 7) is 5.66. The Morgan fingerprint density at radius 2 is 2.23 bits per heavy atom. The number of aromatic nitrogens is 4. The normalized spacial score (nSPS) is 25.5. The number of anilines is 1. The number of benzene rings is 1. The van der Waals surface area contributed by atoms with Crippen molar-refractivity contribution in [3.63, 3.8) is 0 Å². The molecule has 3 atom stereocenters. The van der Waals surface area contributed by atoms with Crippen LogP contribution in [0, 0.1) is 19.8 Å². The van der Waals surface area contributed by atoms with Crippen LogP contribution < -0.4 is 10.6 Å². The third-order valence-electron chi connectivity index (χ3n) is 5.52. The Morgan fingerprint density at radius 3 is 3.04 bits per heavy atom. The van der Waals surface area contributed by atoms with Gasteiger partial charge in [0.05, 0.1) is 18.4 Å². The van der Waals surface area contributed by atoms with Gasteiger partial charge in [0.25, 0.3) is 0 Å². The second-order valence-corrected chi connectivity index (χ2v) is 7.16. The van der Waals surface area contributed by atoms with E-state index in [9.17, 15) is 4.79 Å². The number of rotatable bonds is 3. The highest BCUT2D eigenvalue weighted by molar-refractivity contribution is 5.93. The zero-order valence-corrected chi connectivity index (χ0v) is 15.1. The zero-order valence-electron chi connectivity index (χ0n) is 15.1. The summed E-state index contributed by atoms with van der Waals surface area (Å²) in [5.74, 6) is 0.0778. The van der Waals surface area contributed by atoms with Gasteiger partial charge in [-0.1, -0.05) is 0 Å². The Labute approximate surface area is 152 Å². The van der Waals surface area contributed by atoms with Crippen molar-refractivity contribution in [2.24, 2.45) is 5.92 Å². The average molecular weight is 356 g/mol. The number of ether oxygens (including phenoxy) is 1. The molecule has 1 amide bonds. The molecule has 1 aliphatic carbocycles.